The number of carbonyl (C=O) groups excluding carboxylic acids is 2. The molecule has 1 aliphatic heterocycles. The largest absolute Gasteiger partial charge is 0.462 e. The van der Waals surface area contributed by atoms with Crippen molar-refractivity contribution in [3.05, 3.63) is 53.4 Å². The molecule has 1 saturated heterocycles. The Hall–Kier alpha value is -3.54. The number of amides is 1. The van der Waals surface area contributed by atoms with Crippen LogP contribution >= 0.6 is 7.60 Å². The summed E-state index contributed by atoms with van der Waals surface area (Å²) in [6.45, 7) is 4.75. The summed E-state index contributed by atoms with van der Waals surface area (Å²) in [6.07, 6.45) is -8.81. The predicted molar refractivity (Wildman–Crippen MR) is 222 cm³/mol. The van der Waals surface area contributed by atoms with Gasteiger partial charge in [-0.05, 0) is 30.7 Å². The standard InChI is InChI=1S/C41H59F5NO20P/c42-32-33(43)35(45)40(36(46)34(32)44)67-31(49)6-9-57-11-13-59-15-17-61-19-21-63-23-25-64-24-22-62-20-18-60-16-14-58-12-10-56-8-5-30(48)47-27-1-3-28(4-2-27)65-41-39(52)38(51)37(50)29(66-41)7-26-68(53,54)55/h1-4,29,37-39,41,50-52H,5-26H2,(H,47,48)(H2,53,54,55)/t29-,37-,38+,39+,41+/m1/s1. The molecule has 5 atom stereocenters. The van der Waals surface area contributed by atoms with Gasteiger partial charge in [0.15, 0.2) is 0 Å². The lowest BCUT2D eigenvalue weighted by atomic mass is 9.97. The number of hydrogen-bond donors (Lipinski definition) is 6. The summed E-state index contributed by atoms with van der Waals surface area (Å²) in [4.78, 5) is 42.2. The third kappa shape index (κ3) is 23.4. The number of nitrogens with one attached hydrogen (secondary N) is 1. The van der Waals surface area contributed by atoms with Gasteiger partial charge in [0.05, 0.1) is 144 Å². The lowest BCUT2D eigenvalue weighted by Gasteiger charge is -2.40. The van der Waals surface area contributed by atoms with Crippen LogP contribution < -0.4 is 14.8 Å². The van der Waals surface area contributed by atoms with E-state index < -0.39 is 91.7 Å². The summed E-state index contributed by atoms with van der Waals surface area (Å²) in [7, 11) is -4.39. The zero-order valence-electron chi connectivity index (χ0n) is 36.9. The molecule has 3 rings (SSSR count). The van der Waals surface area contributed by atoms with Crippen molar-refractivity contribution in [1.82, 2.24) is 0 Å². The second kappa shape index (κ2) is 33.1. The fourth-order valence-corrected chi connectivity index (χ4v) is 6.13. The molecule has 0 bridgehead atoms. The van der Waals surface area contributed by atoms with Crippen LogP contribution in [0.2, 0.25) is 0 Å². The zero-order chi connectivity index (χ0) is 49.7. The normalized spacial score (nSPS) is 18.5. The van der Waals surface area contributed by atoms with Crippen LogP contribution in [-0.4, -0.2) is 193 Å². The molecule has 0 unspecified atom stereocenters. The molecule has 1 fully saturated rings. The second-order valence-corrected chi connectivity index (χ2v) is 16.0. The van der Waals surface area contributed by atoms with Crippen LogP contribution in [0.3, 0.4) is 0 Å². The van der Waals surface area contributed by atoms with Gasteiger partial charge in [-0.15, -0.1) is 0 Å². The maximum atomic E-state index is 13.6. The minimum atomic E-state index is -4.39. The number of ether oxygens (including phenoxy) is 12. The number of hydrogen-bond acceptors (Lipinski definition) is 18. The van der Waals surface area contributed by atoms with Crippen molar-refractivity contribution in [3.63, 3.8) is 0 Å². The minimum Gasteiger partial charge on any atom is -0.462 e. The predicted octanol–water partition coefficient (Wildman–Crippen LogP) is 1.61. The smallest absolute Gasteiger partial charge is 0.325 e. The molecule has 0 aliphatic carbocycles. The van der Waals surface area contributed by atoms with E-state index in [1.807, 2.05) is 0 Å². The second-order valence-electron chi connectivity index (χ2n) is 14.3. The van der Waals surface area contributed by atoms with Gasteiger partial charge in [0, 0.05) is 5.69 Å². The Morgan fingerprint density at radius 2 is 0.926 bits per heavy atom. The summed E-state index contributed by atoms with van der Waals surface area (Å²) < 4.78 is 142. The fraction of sp³-hybridized carbons (Fsp3) is 0.659. The SMILES string of the molecule is O=C(CCOCCOCCOCCOCCOCCOCCOCCOCCOCCC(=O)Oc1c(F)c(F)c(F)c(F)c1F)Nc1ccc(O[C@H]2O[C@H](CCP(=O)(O)O)[C@@H](O)[C@H](O)[C@@H]2O)cc1. The zero-order valence-corrected chi connectivity index (χ0v) is 37.8. The van der Waals surface area contributed by atoms with E-state index in [4.69, 9.17) is 61.9 Å². The Labute approximate surface area is 388 Å². The van der Waals surface area contributed by atoms with Crippen LogP contribution in [0.4, 0.5) is 27.6 Å². The van der Waals surface area contributed by atoms with E-state index in [0.717, 1.165) is 0 Å². The summed E-state index contributed by atoms with van der Waals surface area (Å²) in [5.41, 5.74) is 0.445. The molecule has 1 amide bonds. The molecule has 68 heavy (non-hydrogen) atoms. The average molecular weight is 1010 g/mol. The van der Waals surface area contributed by atoms with Gasteiger partial charge in [0.25, 0.3) is 0 Å². The molecule has 2 aromatic carbocycles. The van der Waals surface area contributed by atoms with E-state index in [9.17, 15) is 51.4 Å². The molecule has 21 nitrogen and oxygen atoms in total. The topological polar surface area (TPSA) is 275 Å². The highest BCUT2D eigenvalue weighted by atomic mass is 31.2. The molecular formula is C41H59F5NO20P. The third-order valence-electron chi connectivity index (χ3n) is 9.05. The van der Waals surface area contributed by atoms with Gasteiger partial charge < -0.3 is 87.3 Å². The van der Waals surface area contributed by atoms with Crippen LogP contribution in [0.1, 0.15) is 19.3 Å². The average Bonchev–Trinajstić information content (AvgIpc) is 3.31. The molecule has 0 aromatic heterocycles. The maximum absolute atomic E-state index is 13.6. The highest BCUT2D eigenvalue weighted by molar-refractivity contribution is 7.51. The number of aliphatic hydroxyl groups excluding tert-OH is 3. The van der Waals surface area contributed by atoms with Crippen molar-refractivity contribution in [3.8, 4) is 11.5 Å². The summed E-state index contributed by atoms with van der Waals surface area (Å²) >= 11 is 0. The highest BCUT2D eigenvalue weighted by Crippen LogP contribution is 2.37. The van der Waals surface area contributed by atoms with E-state index in [1.165, 1.54) is 24.3 Å². The van der Waals surface area contributed by atoms with Crippen LogP contribution in [0, 0.1) is 29.1 Å². The molecule has 6 N–H and O–H groups in total. The lowest BCUT2D eigenvalue weighted by Crippen LogP contribution is -2.59. The van der Waals surface area contributed by atoms with E-state index >= 15 is 0 Å². The van der Waals surface area contributed by atoms with Crippen molar-refractivity contribution < 1.29 is 118 Å². The van der Waals surface area contributed by atoms with Gasteiger partial charge in [-0.2, -0.15) is 8.78 Å². The first-order chi connectivity index (χ1) is 32.6. The number of benzene rings is 2. The van der Waals surface area contributed by atoms with E-state index in [1.54, 1.807) is 0 Å². The van der Waals surface area contributed by atoms with Crippen LogP contribution in [0.25, 0.3) is 0 Å². The Balaban J connectivity index is 1.02. The van der Waals surface area contributed by atoms with E-state index in [-0.39, 0.29) is 70.7 Å². The fourth-order valence-electron chi connectivity index (χ4n) is 5.54. The number of carbonyl (C=O) groups is 2. The maximum Gasteiger partial charge on any atom is 0.325 e. The molecule has 27 heteroatoms. The minimum absolute atomic E-state index is 0.0546. The lowest BCUT2D eigenvalue weighted by molar-refractivity contribution is -0.272. The molecular weight excluding hydrogens is 952 g/mol. The first-order valence-corrected chi connectivity index (χ1v) is 23.1. The van der Waals surface area contributed by atoms with Crippen LogP contribution in [-0.2, 0) is 61.5 Å². The molecule has 0 radical (unpaired) electrons. The molecule has 388 valence electrons. The Morgan fingerprint density at radius 1 is 0.544 bits per heavy atom. The first kappa shape index (κ1) is 58.8. The molecule has 1 aliphatic rings. The van der Waals surface area contributed by atoms with Gasteiger partial charge in [0.2, 0.25) is 47.0 Å². The number of rotatable bonds is 37. The van der Waals surface area contributed by atoms with Crippen molar-refractivity contribution in [2.45, 2.75) is 50.0 Å². The summed E-state index contributed by atoms with van der Waals surface area (Å²) in [5, 5.41) is 33.3. The Morgan fingerprint density at radius 3 is 1.34 bits per heavy atom. The van der Waals surface area contributed by atoms with Crippen molar-refractivity contribution in [1.29, 1.82) is 0 Å². The summed E-state index contributed by atoms with van der Waals surface area (Å²) in [5.74, 6) is -14.4. The third-order valence-corrected chi connectivity index (χ3v) is 9.89. The van der Waals surface area contributed by atoms with Crippen LogP contribution in [0.15, 0.2) is 24.3 Å². The number of halogens is 5. The number of anilines is 1. The molecule has 1 heterocycles. The van der Waals surface area contributed by atoms with Crippen LogP contribution in [0.5, 0.6) is 11.5 Å². The molecule has 0 saturated carbocycles. The van der Waals surface area contributed by atoms with E-state index in [2.05, 4.69) is 10.1 Å². The molecule has 0 spiro atoms. The Kier molecular flexibility index (Phi) is 28.6. The highest BCUT2D eigenvalue weighted by Gasteiger charge is 2.45. The number of esters is 1. The molecule has 2 aromatic rings. The van der Waals surface area contributed by atoms with Gasteiger partial charge in [-0.3, -0.25) is 14.2 Å². The van der Waals surface area contributed by atoms with E-state index in [0.29, 0.717) is 78.4 Å². The number of aliphatic hydroxyl groups is 3. The van der Waals surface area contributed by atoms with Crippen molar-refractivity contribution in [2.75, 3.05) is 130 Å². The van der Waals surface area contributed by atoms with Crippen molar-refractivity contribution in [2.24, 2.45) is 0 Å². The van der Waals surface area contributed by atoms with Gasteiger partial charge in [0.1, 0.15) is 24.1 Å². The summed E-state index contributed by atoms with van der Waals surface area (Å²) in [6, 6.07) is 6.02. The van der Waals surface area contributed by atoms with Gasteiger partial charge in [-0.25, -0.2) is 13.2 Å². The Bertz CT molecular complexity index is 1770. The van der Waals surface area contributed by atoms with Gasteiger partial charge in [-0.1, -0.05) is 0 Å². The monoisotopic (exact) mass is 1010 g/mol. The quantitative estimate of drug-likeness (QED) is 0.0107. The van der Waals surface area contributed by atoms with Crippen molar-refractivity contribution >= 4 is 25.2 Å². The van der Waals surface area contributed by atoms with Gasteiger partial charge >= 0.3 is 13.6 Å². The first-order valence-electron chi connectivity index (χ1n) is 21.3.